The number of nitrogens with one attached hydrogen (secondary N) is 1. The molecule has 0 radical (unpaired) electrons. The number of carbonyl (C=O) groups is 2. The van der Waals surface area contributed by atoms with Crippen molar-refractivity contribution < 1.29 is 14.7 Å². The van der Waals surface area contributed by atoms with Gasteiger partial charge in [-0.15, -0.1) is 0 Å². The molecule has 5 nitrogen and oxygen atoms in total. The highest BCUT2D eigenvalue weighted by molar-refractivity contribution is 5.85. The predicted molar refractivity (Wildman–Crippen MR) is 76.5 cm³/mol. The van der Waals surface area contributed by atoms with Crippen LogP contribution in [-0.2, 0) is 9.59 Å². The van der Waals surface area contributed by atoms with Gasteiger partial charge in [-0.1, -0.05) is 19.3 Å². The maximum absolute atomic E-state index is 12.0. The highest BCUT2D eigenvalue weighted by atomic mass is 16.4. The standard InChI is InChI=1S/C15H26N2O3/c18-13(12-15(14(19)20)6-2-3-7-15)16-8-11-17-9-4-1-5-10-17/h1-12H2,(H,16,18)(H,19,20). The fraction of sp³-hybridized carbons (Fsp3) is 0.867. The molecule has 0 spiro atoms. The Bertz CT molecular complexity index is 345. The monoisotopic (exact) mass is 282 g/mol. The van der Waals surface area contributed by atoms with E-state index in [-0.39, 0.29) is 12.3 Å². The van der Waals surface area contributed by atoms with Crippen molar-refractivity contribution in [3.63, 3.8) is 0 Å². The molecule has 5 heteroatoms. The second-order valence-electron chi connectivity index (χ2n) is 6.22. The molecule has 1 saturated heterocycles. The van der Waals surface area contributed by atoms with E-state index in [4.69, 9.17) is 0 Å². The smallest absolute Gasteiger partial charge is 0.310 e. The summed E-state index contributed by atoms with van der Waals surface area (Å²) >= 11 is 0. The molecule has 0 atom stereocenters. The first-order chi connectivity index (χ1) is 9.62. The lowest BCUT2D eigenvalue weighted by molar-refractivity contribution is -0.151. The molecule has 0 bridgehead atoms. The van der Waals surface area contributed by atoms with Crippen molar-refractivity contribution in [2.45, 2.75) is 51.4 Å². The molecule has 0 aromatic heterocycles. The van der Waals surface area contributed by atoms with Crippen molar-refractivity contribution >= 4 is 11.9 Å². The van der Waals surface area contributed by atoms with Gasteiger partial charge in [0.05, 0.1) is 5.41 Å². The first-order valence-corrected chi connectivity index (χ1v) is 7.85. The van der Waals surface area contributed by atoms with Crippen LogP contribution in [0.4, 0.5) is 0 Å². The van der Waals surface area contributed by atoms with E-state index in [0.717, 1.165) is 32.5 Å². The van der Waals surface area contributed by atoms with E-state index in [1.807, 2.05) is 0 Å². The lowest BCUT2D eigenvalue weighted by atomic mass is 9.82. The molecule has 2 N–H and O–H groups in total. The third kappa shape index (κ3) is 3.95. The molecule has 1 heterocycles. The van der Waals surface area contributed by atoms with E-state index in [2.05, 4.69) is 10.2 Å². The number of carboxylic acids is 1. The third-order valence-electron chi connectivity index (χ3n) is 4.71. The van der Waals surface area contributed by atoms with E-state index >= 15 is 0 Å². The minimum atomic E-state index is -0.804. The Kier molecular flexibility index (Phi) is 5.40. The summed E-state index contributed by atoms with van der Waals surface area (Å²) in [6.07, 6.45) is 7.07. The zero-order valence-electron chi connectivity index (χ0n) is 12.2. The zero-order valence-corrected chi connectivity index (χ0v) is 12.2. The summed E-state index contributed by atoms with van der Waals surface area (Å²) in [6, 6.07) is 0. The normalized spacial score (nSPS) is 22.6. The van der Waals surface area contributed by atoms with Crippen LogP contribution in [-0.4, -0.2) is 48.1 Å². The lowest BCUT2D eigenvalue weighted by Gasteiger charge is -2.27. The van der Waals surface area contributed by atoms with Crippen LogP contribution in [0.15, 0.2) is 0 Å². The number of nitrogens with zero attached hydrogens (tertiary/aromatic N) is 1. The number of piperidine rings is 1. The summed E-state index contributed by atoms with van der Waals surface area (Å²) in [5.41, 5.74) is -0.796. The summed E-state index contributed by atoms with van der Waals surface area (Å²) in [4.78, 5) is 25.7. The van der Waals surface area contributed by atoms with Crippen LogP contribution in [0.25, 0.3) is 0 Å². The van der Waals surface area contributed by atoms with Crippen LogP contribution in [0, 0.1) is 5.41 Å². The predicted octanol–water partition coefficient (Wildman–Crippen LogP) is 1.62. The molecule has 0 unspecified atom stereocenters. The number of aliphatic carboxylic acids is 1. The number of hydrogen-bond acceptors (Lipinski definition) is 3. The molecule has 2 fully saturated rings. The van der Waals surface area contributed by atoms with Crippen LogP contribution in [0.1, 0.15) is 51.4 Å². The van der Waals surface area contributed by atoms with Gasteiger partial charge >= 0.3 is 5.97 Å². The van der Waals surface area contributed by atoms with Gasteiger partial charge in [0.15, 0.2) is 0 Å². The largest absolute Gasteiger partial charge is 0.481 e. The first kappa shape index (κ1) is 15.3. The molecule has 1 amide bonds. The summed E-state index contributed by atoms with van der Waals surface area (Å²) in [5.74, 6) is -0.910. The first-order valence-electron chi connectivity index (χ1n) is 7.85. The second-order valence-corrected chi connectivity index (χ2v) is 6.22. The van der Waals surface area contributed by atoms with Crippen molar-refractivity contribution in [2.75, 3.05) is 26.2 Å². The molecule has 20 heavy (non-hydrogen) atoms. The molecule has 1 saturated carbocycles. The maximum Gasteiger partial charge on any atom is 0.310 e. The van der Waals surface area contributed by atoms with E-state index in [0.29, 0.717) is 19.4 Å². The zero-order chi connectivity index (χ0) is 14.4. The van der Waals surface area contributed by atoms with Gasteiger partial charge in [0, 0.05) is 19.5 Å². The fourth-order valence-electron chi connectivity index (χ4n) is 3.42. The molecular formula is C15H26N2O3. The van der Waals surface area contributed by atoms with Crippen molar-refractivity contribution in [1.29, 1.82) is 0 Å². The number of carbonyl (C=O) groups excluding carboxylic acids is 1. The summed E-state index contributed by atoms with van der Waals surface area (Å²) in [7, 11) is 0. The SMILES string of the molecule is O=C(CC1(C(=O)O)CCCC1)NCCN1CCCCC1. The van der Waals surface area contributed by atoms with Crippen molar-refractivity contribution in [3.8, 4) is 0 Å². The van der Waals surface area contributed by atoms with Gasteiger partial charge < -0.3 is 15.3 Å². The molecule has 1 aliphatic carbocycles. The number of likely N-dealkylation sites (tertiary alicyclic amines) is 1. The van der Waals surface area contributed by atoms with E-state index in [1.54, 1.807) is 0 Å². The second kappa shape index (κ2) is 7.07. The Balaban J connectivity index is 1.70. The van der Waals surface area contributed by atoms with Gasteiger partial charge in [-0.2, -0.15) is 0 Å². The van der Waals surface area contributed by atoms with Crippen molar-refractivity contribution in [2.24, 2.45) is 5.41 Å². The van der Waals surface area contributed by atoms with Crippen molar-refractivity contribution in [1.82, 2.24) is 10.2 Å². The summed E-state index contributed by atoms with van der Waals surface area (Å²) in [5, 5.41) is 12.2. The van der Waals surface area contributed by atoms with E-state index in [9.17, 15) is 14.7 Å². The maximum atomic E-state index is 12.0. The van der Waals surface area contributed by atoms with Gasteiger partial charge in [-0.3, -0.25) is 9.59 Å². The van der Waals surface area contributed by atoms with Crippen LogP contribution in [0.2, 0.25) is 0 Å². The van der Waals surface area contributed by atoms with Crippen LogP contribution >= 0.6 is 0 Å². The molecular weight excluding hydrogens is 256 g/mol. The number of amides is 1. The quantitative estimate of drug-likeness (QED) is 0.777. The van der Waals surface area contributed by atoms with E-state index < -0.39 is 11.4 Å². The fourth-order valence-corrected chi connectivity index (χ4v) is 3.42. The molecule has 2 rings (SSSR count). The Morgan fingerprint density at radius 2 is 1.70 bits per heavy atom. The molecule has 2 aliphatic rings. The number of carboxylic acid groups (broad SMARTS) is 1. The van der Waals surface area contributed by atoms with Crippen LogP contribution in [0.5, 0.6) is 0 Å². The lowest BCUT2D eigenvalue weighted by Crippen LogP contribution is -2.40. The van der Waals surface area contributed by atoms with Gasteiger partial charge in [0.2, 0.25) is 5.91 Å². The Hall–Kier alpha value is -1.10. The highest BCUT2D eigenvalue weighted by Gasteiger charge is 2.42. The van der Waals surface area contributed by atoms with Gasteiger partial charge in [0.25, 0.3) is 0 Å². The molecule has 114 valence electrons. The average Bonchev–Trinajstić information content (AvgIpc) is 2.90. The van der Waals surface area contributed by atoms with Crippen LogP contribution < -0.4 is 5.32 Å². The van der Waals surface area contributed by atoms with Gasteiger partial charge in [0.1, 0.15) is 0 Å². The third-order valence-corrected chi connectivity index (χ3v) is 4.71. The number of hydrogen-bond donors (Lipinski definition) is 2. The van der Waals surface area contributed by atoms with Gasteiger partial charge in [-0.25, -0.2) is 0 Å². The topological polar surface area (TPSA) is 69.6 Å². The summed E-state index contributed by atoms with van der Waals surface area (Å²) in [6.45, 7) is 3.75. The summed E-state index contributed by atoms with van der Waals surface area (Å²) < 4.78 is 0. The van der Waals surface area contributed by atoms with Gasteiger partial charge in [-0.05, 0) is 38.8 Å². The Morgan fingerprint density at radius 3 is 2.30 bits per heavy atom. The number of rotatable bonds is 6. The minimum Gasteiger partial charge on any atom is -0.481 e. The highest BCUT2D eigenvalue weighted by Crippen LogP contribution is 2.41. The minimum absolute atomic E-state index is 0.105. The Labute approximate surface area is 120 Å². The average molecular weight is 282 g/mol. The molecule has 0 aromatic carbocycles. The van der Waals surface area contributed by atoms with E-state index in [1.165, 1.54) is 19.3 Å². The molecule has 1 aliphatic heterocycles. The van der Waals surface area contributed by atoms with Crippen molar-refractivity contribution in [3.05, 3.63) is 0 Å². The molecule has 0 aromatic rings. The Morgan fingerprint density at radius 1 is 1.05 bits per heavy atom. The van der Waals surface area contributed by atoms with Crippen LogP contribution in [0.3, 0.4) is 0 Å².